The van der Waals surface area contributed by atoms with Crippen LogP contribution >= 0.6 is 15.9 Å². The van der Waals surface area contributed by atoms with Gasteiger partial charge in [0.2, 0.25) is 0 Å². The van der Waals surface area contributed by atoms with E-state index in [9.17, 15) is 5.11 Å². The molecular weight excluding hydrogens is 306 g/mol. The highest BCUT2D eigenvalue weighted by Crippen LogP contribution is 2.30. The first-order valence-corrected chi connectivity index (χ1v) is 7.07. The van der Waals surface area contributed by atoms with E-state index in [1.54, 1.807) is 6.92 Å². The molecule has 1 heterocycles. The number of hydrogen-bond acceptors (Lipinski definition) is 3. The van der Waals surface area contributed by atoms with Crippen LogP contribution in [0.5, 0.6) is 0 Å². The summed E-state index contributed by atoms with van der Waals surface area (Å²) in [6, 6.07) is 7.92. The molecule has 0 fully saturated rings. The van der Waals surface area contributed by atoms with Crippen LogP contribution in [-0.4, -0.2) is 19.9 Å². The Bertz CT molecular complexity index is 563. The maximum atomic E-state index is 10.7. The van der Waals surface area contributed by atoms with Crippen molar-refractivity contribution in [2.45, 2.75) is 38.8 Å². The minimum atomic E-state index is -0.986. The third-order valence-electron chi connectivity index (χ3n) is 3.09. The maximum absolute atomic E-state index is 10.7. The molecule has 0 radical (unpaired) electrons. The van der Waals surface area contributed by atoms with Crippen LogP contribution in [0.2, 0.25) is 0 Å². The molecule has 0 amide bonds. The third kappa shape index (κ3) is 3.04. The summed E-state index contributed by atoms with van der Waals surface area (Å²) in [6.07, 6.45) is 1.96. The van der Waals surface area contributed by atoms with E-state index in [2.05, 4.69) is 26.0 Å². The molecule has 0 aliphatic carbocycles. The molecule has 0 aliphatic rings. The zero-order valence-corrected chi connectivity index (χ0v) is 12.9. The summed E-state index contributed by atoms with van der Waals surface area (Å²) >= 11 is 3.48. The zero-order chi connectivity index (χ0) is 14.0. The van der Waals surface area contributed by atoms with E-state index >= 15 is 0 Å². The highest BCUT2D eigenvalue weighted by molar-refractivity contribution is 9.10. The van der Waals surface area contributed by atoms with Crippen LogP contribution in [0.4, 0.5) is 0 Å². The molecular formula is C14H18BrN3O. The van der Waals surface area contributed by atoms with Gasteiger partial charge in [0.25, 0.3) is 0 Å². The first-order valence-electron chi connectivity index (χ1n) is 6.27. The van der Waals surface area contributed by atoms with E-state index in [1.807, 2.05) is 42.8 Å². The van der Waals surface area contributed by atoms with Gasteiger partial charge >= 0.3 is 0 Å². The van der Waals surface area contributed by atoms with Gasteiger partial charge in [-0.1, -0.05) is 34.1 Å². The van der Waals surface area contributed by atoms with Gasteiger partial charge in [-0.25, -0.2) is 9.67 Å². The maximum Gasteiger partial charge on any atom is 0.138 e. The zero-order valence-electron chi connectivity index (χ0n) is 11.3. The Hall–Kier alpha value is -1.20. The van der Waals surface area contributed by atoms with Crippen LogP contribution < -0.4 is 0 Å². The van der Waals surface area contributed by atoms with Crippen molar-refractivity contribution in [3.05, 3.63) is 46.5 Å². The van der Waals surface area contributed by atoms with Crippen LogP contribution in [0.1, 0.15) is 38.2 Å². The van der Waals surface area contributed by atoms with Gasteiger partial charge in [0.05, 0.1) is 5.60 Å². The highest BCUT2D eigenvalue weighted by atomic mass is 79.9. The second-order valence-corrected chi connectivity index (χ2v) is 6.00. The van der Waals surface area contributed by atoms with Gasteiger partial charge in [-0.05, 0) is 32.4 Å². The normalized spacial score (nSPS) is 14.6. The lowest BCUT2D eigenvalue weighted by Crippen LogP contribution is -2.27. The fourth-order valence-corrected chi connectivity index (χ4v) is 2.84. The number of nitrogens with zero attached hydrogens (tertiary/aromatic N) is 3. The van der Waals surface area contributed by atoms with Crippen LogP contribution in [-0.2, 0) is 12.0 Å². The lowest BCUT2D eigenvalue weighted by Gasteiger charge is -2.25. The minimum absolute atomic E-state index is 0.229. The summed E-state index contributed by atoms with van der Waals surface area (Å²) in [5.74, 6) is 0.788. The average Bonchev–Trinajstić information content (AvgIpc) is 2.76. The number of halogens is 1. The predicted octanol–water partition coefficient (Wildman–Crippen LogP) is 3.07. The van der Waals surface area contributed by atoms with Crippen molar-refractivity contribution < 1.29 is 5.11 Å². The molecule has 5 heteroatoms. The SMILES string of the molecule is CC(C)n1ncnc1CC(C)(O)c1ccccc1Br. The van der Waals surface area contributed by atoms with Gasteiger partial charge in [-0.15, -0.1) is 0 Å². The second kappa shape index (κ2) is 5.43. The van der Waals surface area contributed by atoms with Gasteiger partial charge in [-0.2, -0.15) is 5.10 Å². The van der Waals surface area contributed by atoms with E-state index in [4.69, 9.17) is 0 Å². The molecule has 0 bridgehead atoms. The number of benzene rings is 1. The summed E-state index contributed by atoms with van der Waals surface area (Å²) in [7, 11) is 0. The Kier molecular flexibility index (Phi) is 4.06. The molecule has 1 unspecified atom stereocenters. The largest absolute Gasteiger partial charge is 0.385 e. The predicted molar refractivity (Wildman–Crippen MR) is 77.8 cm³/mol. The monoisotopic (exact) mass is 323 g/mol. The Labute approximate surface area is 121 Å². The number of rotatable bonds is 4. The lowest BCUT2D eigenvalue weighted by atomic mass is 9.92. The molecule has 2 aromatic rings. The van der Waals surface area contributed by atoms with E-state index in [1.165, 1.54) is 6.33 Å². The van der Waals surface area contributed by atoms with Crippen molar-refractivity contribution in [2.24, 2.45) is 0 Å². The van der Waals surface area contributed by atoms with Crippen LogP contribution in [0, 0.1) is 0 Å². The second-order valence-electron chi connectivity index (χ2n) is 5.15. The lowest BCUT2D eigenvalue weighted by molar-refractivity contribution is 0.0532. The quantitative estimate of drug-likeness (QED) is 0.940. The first-order chi connectivity index (χ1) is 8.92. The summed E-state index contributed by atoms with van der Waals surface area (Å²) in [4.78, 5) is 4.25. The van der Waals surface area contributed by atoms with E-state index in [-0.39, 0.29) is 6.04 Å². The summed E-state index contributed by atoms with van der Waals surface area (Å²) in [6.45, 7) is 5.89. The molecule has 0 saturated heterocycles. The number of aliphatic hydroxyl groups is 1. The molecule has 2 rings (SSSR count). The fraction of sp³-hybridized carbons (Fsp3) is 0.429. The van der Waals surface area contributed by atoms with Gasteiger partial charge in [0.1, 0.15) is 12.2 Å². The van der Waals surface area contributed by atoms with E-state index in [0.29, 0.717) is 6.42 Å². The first kappa shape index (κ1) is 14.2. The highest BCUT2D eigenvalue weighted by Gasteiger charge is 2.28. The Morgan fingerprint density at radius 1 is 1.37 bits per heavy atom. The van der Waals surface area contributed by atoms with Crippen molar-refractivity contribution in [3.8, 4) is 0 Å². The van der Waals surface area contributed by atoms with E-state index < -0.39 is 5.60 Å². The molecule has 4 nitrogen and oxygen atoms in total. The van der Waals surface area contributed by atoms with Crippen LogP contribution in [0.3, 0.4) is 0 Å². The molecule has 0 saturated carbocycles. The van der Waals surface area contributed by atoms with Gasteiger partial charge < -0.3 is 5.11 Å². The third-order valence-corrected chi connectivity index (χ3v) is 3.78. The summed E-state index contributed by atoms with van der Waals surface area (Å²) < 4.78 is 2.74. The average molecular weight is 324 g/mol. The molecule has 0 spiro atoms. The molecule has 1 atom stereocenters. The van der Waals surface area contributed by atoms with Gasteiger partial charge in [0, 0.05) is 16.9 Å². The number of aromatic nitrogens is 3. The van der Waals surface area contributed by atoms with Crippen LogP contribution in [0.15, 0.2) is 35.1 Å². The van der Waals surface area contributed by atoms with Crippen molar-refractivity contribution in [1.29, 1.82) is 0 Å². The molecule has 0 aliphatic heterocycles. The Morgan fingerprint density at radius 2 is 2.05 bits per heavy atom. The minimum Gasteiger partial charge on any atom is -0.385 e. The number of hydrogen-bond donors (Lipinski definition) is 1. The van der Waals surface area contributed by atoms with Crippen molar-refractivity contribution in [1.82, 2.24) is 14.8 Å². The molecule has 1 aromatic carbocycles. The summed E-state index contributed by atoms with van der Waals surface area (Å²) in [5.41, 5.74) is -0.131. The standard InChI is InChI=1S/C14H18BrN3O/c1-10(2)18-13(16-9-17-18)8-14(3,19)11-6-4-5-7-12(11)15/h4-7,9-10,19H,8H2,1-3H3. The van der Waals surface area contributed by atoms with Crippen molar-refractivity contribution in [3.63, 3.8) is 0 Å². The Balaban J connectivity index is 2.31. The smallest absolute Gasteiger partial charge is 0.138 e. The van der Waals surface area contributed by atoms with Crippen molar-refractivity contribution >= 4 is 15.9 Å². The fourth-order valence-electron chi connectivity index (χ4n) is 2.13. The molecule has 1 aromatic heterocycles. The topological polar surface area (TPSA) is 50.9 Å². The Morgan fingerprint density at radius 3 is 2.68 bits per heavy atom. The summed E-state index contributed by atoms with van der Waals surface area (Å²) in [5, 5.41) is 14.9. The molecule has 19 heavy (non-hydrogen) atoms. The van der Waals surface area contributed by atoms with Gasteiger partial charge in [0.15, 0.2) is 0 Å². The van der Waals surface area contributed by atoms with E-state index in [0.717, 1.165) is 15.9 Å². The van der Waals surface area contributed by atoms with Crippen molar-refractivity contribution in [2.75, 3.05) is 0 Å². The van der Waals surface area contributed by atoms with Gasteiger partial charge in [-0.3, -0.25) is 0 Å². The molecule has 102 valence electrons. The molecule has 1 N–H and O–H groups in total. The van der Waals surface area contributed by atoms with Crippen LogP contribution in [0.25, 0.3) is 0 Å².